The van der Waals surface area contributed by atoms with E-state index in [0.29, 0.717) is 0 Å². The summed E-state index contributed by atoms with van der Waals surface area (Å²) in [5.74, 6) is 0. The van der Waals surface area contributed by atoms with Crippen LogP contribution in [0.25, 0.3) is 0 Å². The third-order valence-corrected chi connectivity index (χ3v) is 5.11. The summed E-state index contributed by atoms with van der Waals surface area (Å²) >= 11 is 10.9. The average molecular weight is 413 g/mol. The lowest BCUT2D eigenvalue weighted by Crippen LogP contribution is -3.05. The van der Waals surface area contributed by atoms with Gasteiger partial charge in [0.05, 0.1) is 27.2 Å². The zero-order valence-electron chi connectivity index (χ0n) is 13.5. The first-order chi connectivity index (χ1) is 11.0. The van der Waals surface area contributed by atoms with Crippen molar-refractivity contribution in [3.63, 3.8) is 0 Å². The summed E-state index contributed by atoms with van der Waals surface area (Å²) < 4.78 is 1.05. The molecular formula is C17H23BrN3S2+. The largest absolute Gasteiger partial charge is 0.344 e. The van der Waals surface area contributed by atoms with Crippen LogP contribution in [0.3, 0.4) is 0 Å². The molecule has 0 aliphatic heterocycles. The molecule has 2 aromatic rings. The Balaban J connectivity index is 2.00. The van der Waals surface area contributed by atoms with Gasteiger partial charge in [0.2, 0.25) is 0 Å². The van der Waals surface area contributed by atoms with E-state index in [-0.39, 0.29) is 0 Å². The molecule has 0 amide bonds. The molecule has 1 aromatic heterocycles. The molecule has 0 spiro atoms. The molecule has 0 radical (unpaired) electrons. The Morgan fingerprint density at radius 1 is 1.30 bits per heavy atom. The van der Waals surface area contributed by atoms with Crippen LogP contribution in [0.2, 0.25) is 0 Å². The average Bonchev–Trinajstić information content (AvgIpc) is 2.99. The number of rotatable bonds is 7. The lowest BCUT2D eigenvalue weighted by Gasteiger charge is -2.25. The molecule has 3 nitrogen and oxygen atoms in total. The monoisotopic (exact) mass is 412 g/mol. The second-order valence-corrected chi connectivity index (χ2v) is 8.09. The summed E-state index contributed by atoms with van der Waals surface area (Å²) in [6.07, 6.45) is 1.12. The predicted molar refractivity (Wildman–Crippen MR) is 107 cm³/mol. The van der Waals surface area contributed by atoms with Crippen LogP contribution in [-0.2, 0) is 6.54 Å². The number of halogens is 1. The summed E-state index contributed by atoms with van der Waals surface area (Å²) in [5.41, 5.74) is 1.01. The lowest BCUT2D eigenvalue weighted by atomic mass is 10.3. The topological polar surface area (TPSA) is 19.7 Å². The van der Waals surface area contributed by atoms with Crippen molar-refractivity contribution in [2.75, 3.05) is 32.5 Å². The Kier molecular flexibility index (Phi) is 7.49. The summed E-state index contributed by atoms with van der Waals surface area (Å²) in [7, 11) is 4.36. The van der Waals surface area contributed by atoms with E-state index in [0.717, 1.165) is 41.3 Å². The summed E-state index contributed by atoms with van der Waals surface area (Å²) in [4.78, 5) is 5.05. The maximum atomic E-state index is 5.65. The minimum Gasteiger partial charge on any atom is -0.344 e. The van der Waals surface area contributed by atoms with Crippen molar-refractivity contribution in [3.8, 4) is 0 Å². The fraction of sp³-hybridized carbons (Fsp3) is 0.353. The van der Waals surface area contributed by atoms with Gasteiger partial charge in [0.15, 0.2) is 5.11 Å². The highest BCUT2D eigenvalue weighted by atomic mass is 79.9. The van der Waals surface area contributed by atoms with Crippen LogP contribution < -0.4 is 10.2 Å². The zero-order valence-corrected chi connectivity index (χ0v) is 16.7. The van der Waals surface area contributed by atoms with Gasteiger partial charge in [-0.1, -0.05) is 28.1 Å². The third kappa shape index (κ3) is 6.59. The van der Waals surface area contributed by atoms with Gasteiger partial charge in [-0.15, -0.1) is 11.3 Å². The molecule has 6 heteroatoms. The Morgan fingerprint density at radius 3 is 2.78 bits per heavy atom. The van der Waals surface area contributed by atoms with Crippen molar-refractivity contribution in [3.05, 3.63) is 51.1 Å². The van der Waals surface area contributed by atoms with Crippen molar-refractivity contribution in [2.24, 2.45) is 0 Å². The molecule has 0 fully saturated rings. The fourth-order valence-electron chi connectivity index (χ4n) is 2.24. The minimum atomic E-state index is 0.783. The Morgan fingerprint density at radius 2 is 2.13 bits per heavy atom. The van der Waals surface area contributed by atoms with E-state index in [2.05, 4.69) is 57.8 Å². The number of quaternary nitrogens is 1. The molecule has 0 aliphatic carbocycles. The van der Waals surface area contributed by atoms with E-state index < -0.39 is 0 Å². The molecule has 0 aliphatic rings. The smallest absolute Gasteiger partial charge is 0.173 e. The standard InChI is InChI=1S/C17H22BrN3S2/c1-20(2)9-5-10-21(13-16-8-4-11-23-16)17(22)19-15-7-3-6-14(18)12-15/h3-4,6-8,11-12H,5,9-10,13H2,1-2H3,(H,19,22)/p+1. The minimum absolute atomic E-state index is 0.783. The summed E-state index contributed by atoms with van der Waals surface area (Å²) in [6.45, 7) is 2.96. The van der Waals surface area contributed by atoms with Crippen LogP contribution in [-0.4, -0.2) is 37.2 Å². The van der Waals surface area contributed by atoms with Gasteiger partial charge in [0.1, 0.15) is 0 Å². The molecule has 23 heavy (non-hydrogen) atoms. The first kappa shape index (κ1) is 18.4. The van der Waals surface area contributed by atoms with Crippen LogP contribution in [0.1, 0.15) is 11.3 Å². The number of benzene rings is 1. The normalized spacial score (nSPS) is 10.8. The van der Waals surface area contributed by atoms with E-state index in [4.69, 9.17) is 12.2 Å². The number of nitrogens with zero attached hydrogens (tertiary/aromatic N) is 1. The zero-order chi connectivity index (χ0) is 16.7. The number of anilines is 1. The van der Waals surface area contributed by atoms with E-state index >= 15 is 0 Å². The molecule has 124 valence electrons. The van der Waals surface area contributed by atoms with Crippen LogP contribution in [0.5, 0.6) is 0 Å². The van der Waals surface area contributed by atoms with Gasteiger partial charge in [-0.2, -0.15) is 0 Å². The number of thiocarbonyl (C=S) groups is 1. The van der Waals surface area contributed by atoms with Crippen LogP contribution in [0.4, 0.5) is 5.69 Å². The molecule has 0 saturated carbocycles. The van der Waals surface area contributed by atoms with Crippen LogP contribution in [0.15, 0.2) is 46.3 Å². The maximum Gasteiger partial charge on any atom is 0.173 e. The van der Waals surface area contributed by atoms with Gasteiger partial charge in [-0.05, 0) is 41.9 Å². The highest BCUT2D eigenvalue weighted by Crippen LogP contribution is 2.17. The number of nitrogens with one attached hydrogen (secondary N) is 2. The van der Waals surface area contributed by atoms with Crippen LogP contribution in [0, 0.1) is 0 Å². The van der Waals surface area contributed by atoms with Gasteiger partial charge in [0.25, 0.3) is 0 Å². The molecule has 0 atom stereocenters. The Bertz CT molecular complexity index is 614. The maximum absolute atomic E-state index is 5.65. The van der Waals surface area contributed by atoms with Gasteiger partial charge >= 0.3 is 0 Å². The predicted octanol–water partition coefficient (Wildman–Crippen LogP) is 3.24. The van der Waals surface area contributed by atoms with Crippen molar-refractivity contribution in [2.45, 2.75) is 13.0 Å². The quantitative estimate of drug-likeness (QED) is 0.680. The molecule has 0 unspecified atom stereocenters. The Labute approximate surface area is 156 Å². The molecule has 2 rings (SSSR count). The SMILES string of the molecule is C[NH+](C)CCCN(Cc1cccs1)C(=S)Nc1cccc(Br)c1. The highest BCUT2D eigenvalue weighted by molar-refractivity contribution is 9.10. The van der Waals surface area contributed by atoms with Gasteiger partial charge < -0.3 is 15.1 Å². The molecule has 0 saturated heterocycles. The van der Waals surface area contributed by atoms with Gasteiger partial charge in [-0.3, -0.25) is 0 Å². The van der Waals surface area contributed by atoms with E-state index in [1.807, 2.05) is 24.3 Å². The van der Waals surface area contributed by atoms with Crippen molar-refractivity contribution in [1.82, 2.24) is 4.90 Å². The van der Waals surface area contributed by atoms with Gasteiger partial charge in [-0.25, -0.2) is 0 Å². The van der Waals surface area contributed by atoms with Crippen molar-refractivity contribution >= 4 is 50.3 Å². The Hall–Kier alpha value is -0.950. The first-order valence-corrected chi connectivity index (χ1v) is 9.75. The molecular weight excluding hydrogens is 390 g/mol. The van der Waals surface area contributed by atoms with E-state index in [9.17, 15) is 0 Å². The summed E-state index contributed by atoms with van der Waals surface area (Å²) in [6, 6.07) is 12.3. The highest BCUT2D eigenvalue weighted by Gasteiger charge is 2.12. The van der Waals surface area contributed by atoms with E-state index in [1.165, 1.54) is 9.78 Å². The second kappa shape index (κ2) is 9.37. The molecule has 0 bridgehead atoms. The van der Waals surface area contributed by atoms with Crippen LogP contribution >= 0.6 is 39.5 Å². The first-order valence-electron chi connectivity index (χ1n) is 7.67. The second-order valence-electron chi connectivity index (χ2n) is 5.75. The van der Waals surface area contributed by atoms with E-state index in [1.54, 1.807) is 11.3 Å². The molecule has 1 heterocycles. The van der Waals surface area contributed by atoms with Crippen molar-refractivity contribution in [1.29, 1.82) is 0 Å². The molecule has 1 aromatic carbocycles. The van der Waals surface area contributed by atoms with Crippen molar-refractivity contribution < 1.29 is 4.90 Å². The molecule has 2 N–H and O–H groups in total. The number of hydrogen-bond donors (Lipinski definition) is 2. The fourth-order valence-corrected chi connectivity index (χ4v) is 3.63. The van der Waals surface area contributed by atoms with Gasteiger partial charge in [0, 0.05) is 28.0 Å². The third-order valence-electron chi connectivity index (χ3n) is 3.39. The number of thiophene rings is 1. The summed E-state index contributed by atoms with van der Waals surface area (Å²) in [5, 5.41) is 6.25. The lowest BCUT2D eigenvalue weighted by molar-refractivity contribution is -0.858. The number of hydrogen-bond acceptors (Lipinski definition) is 2.